The number of anilines is 1. The number of hydrogen-bond acceptors (Lipinski definition) is 5. The molecular weight excluding hydrogens is 290 g/mol. The van der Waals surface area contributed by atoms with Gasteiger partial charge in [0.1, 0.15) is 5.82 Å². The first-order valence-electron chi connectivity index (χ1n) is 7.19. The van der Waals surface area contributed by atoms with Gasteiger partial charge in [-0.2, -0.15) is 0 Å². The Hall–Kier alpha value is -1.63. The second kappa shape index (κ2) is 6.43. The van der Waals surface area contributed by atoms with Crippen molar-refractivity contribution >= 4 is 21.6 Å². The smallest absolute Gasteiger partial charge is 0.254 e. The van der Waals surface area contributed by atoms with Crippen molar-refractivity contribution in [2.75, 3.05) is 36.5 Å². The lowest BCUT2D eigenvalue weighted by atomic mass is 10.1. The average molecular weight is 311 g/mol. The Labute approximate surface area is 125 Å². The van der Waals surface area contributed by atoms with E-state index in [0.717, 1.165) is 18.7 Å². The first-order valence-corrected chi connectivity index (χ1v) is 9.02. The molecule has 0 atom stereocenters. The zero-order valence-electron chi connectivity index (χ0n) is 12.4. The maximum absolute atomic E-state index is 12.5. The Morgan fingerprint density at radius 1 is 1.29 bits per heavy atom. The van der Waals surface area contributed by atoms with E-state index in [1.807, 2.05) is 13.8 Å². The fourth-order valence-corrected chi connectivity index (χ4v) is 3.46. The van der Waals surface area contributed by atoms with Gasteiger partial charge in [0.2, 0.25) is 0 Å². The van der Waals surface area contributed by atoms with Crippen LogP contribution in [-0.4, -0.2) is 55.3 Å². The van der Waals surface area contributed by atoms with Gasteiger partial charge in [0.05, 0.1) is 11.5 Å². The maximum atomic E-state index is 12.5. The van der Waals surface area contributed by atoms with Crippen LogP contribution in [0.1, 0.15) is 29.9 Å². The van der Waals surface area contributed by atoms with E-state index >= 15 is 0 Å². The van der Waals surface area contributed by atoms with Crippen molar-refractivity contribution in [2.24, 2.45) is 0 Å². The number of aryl methyl sites for hydroxylation is 1. The predicted octanol–water partition coefficient (Wildman–Crippen LogP) is 0.946. The first-order chi connectivity index (χ1) is 9.95. The predicted molar refractivity (Wildman–Crippen MR) is 82.3 cm³/mol. The molecule has 1 N–H and O–H groups in total. The van der Waals surface area contributed by atoms with Crippen LogP contribution in [0, 0.1) is 0 Å². The van der Waals surface area contributed by atoms with E-state index in [2.05, 4.69) is 10.3 Å². The summed E-state index contributed by atoms with van der Waals surface area (Å²) in [4.78, 5) is 18.5. The molecule has 1 aliphatic heterocycles. The molecule has 21 heavy (non-hydrogen) atoms. The SMILES string of the molecule is CCNc1cc(C(=O)N2CCS(=O)(=O)CC2)cc(CC)n1. The summed E-state index contributed by atoms with van der Waals surface area (Å²) in [6.07, 6.45) is 0.744. The molecule has 0 aromatic carbocycles. The second-order valence-corrected chi connectivity index (χ2v) is 7.36. The molecule has 0 unspecified atom stereocenters. The van der Waals surface area contributed by atoms with Gasteiger partial charge in [0.25, 0.3) is 5.91 Å². The molecule has 0 aliphatic carbocycles. The fourth-order valence-electron chi connectivity index (χ4n) is 2.26. The lowest BCUT2D eigenvalue weighted by molar-refractivity contribution is 0.0770. The number of hydrogen-bond donors (Lipinski definition) is 1. The lowest BCUT2D eigenvalue weighted by Crippen LogP contribution is -2.43. The van der Waals surface area contributed by atoms with Gasteiger partial charge < -0.3 is 10.2 Å². The molecule has 2 rings (SSSR count). The van der Waals surface area contributed by atoms with E-state index in [1.54, 1.807) is 17.0 Å². The highest BCUT2D eigenvalue weighted by Gasteiger charge is 2.26. The molecule has 1 saturated heterocycles. The minimum atomic E-state index is -2.98. The maximum Gasteiger partial charge on any atom is 0.254 e. The minimum absolute atomic E-state index is 0.0462. The summed E-state index contributed by atoms with van der Waals surface area (Å²) < 4.78 is 22.9. The number of carbonyl (C=O) groups excluding carboxylic acids is 1. The number of rotatable bonds is 4. The van der Waals surface area contributed by atoms with E-state index < -0.39 is 9.84 Å². The third-order valence-corrected chi connectivity index (χ3v) is 5.09. The van der Waals surface area contributed by atoms with Crippen LogP contribution in [0.2, 0.25) is 0 Å². The van der Waals surface area contributed by atoms with Crippen molar-refractivity contribution in [3.63, 3.8) is 0 Å². The molecule has 7 heteroatoms. The molecule has 1 amide bonds. The van der Waals surface area contributed by atoms with E-state index in [4.69, 9.17) is 0 Å². The van der Waals surface area contributed by atoms with E-state index in [0.29, 0.717) is 11.4 Å². The summed E-state index contributed by atoms with van der Waals surface area (Å²) in [6, 6.07) is 3.51. The van der Waals surface area contributed by atoms with Gasteiger partial charge in [-0.25, -0.2) is 13.4 Å². The monoisotopic (exact) mass is 311 g/mol. The van der Waals surface area contributed by atoms with Crippen LogP contribution in [-0.2, 0) is 16.3 Å². The summed E-state index contributed by atoms with van der Waals surface area (Å²) in [6.45, 7) is 5.22. The Bertz CT molecular complexity index is 614. The van der Waals surface area contributed by atoms with Crippen LogP contribution in [0.3, 0.4) is 0 Å². The molecule has 2 heterocycles. The zero-order valence-corrected chi connectivity index (χ0v) is 13.2. The Balaban J connectivity index is 2.20. The number of aromatic nitrogens is 1. The van der Waals surface area contributed by atoms with Crippen LogP contribution in [0.5, 0.6) is 0 Å². The summed E-state index contributed by atoms with van der Waals surface area (Å²) in [5, 5.41) is 3.12. The molecule has 6 nitrogen and oxygen atoms in total. The van der Waals surface area contributed by atoms with Gasteiger partial charge in [-0.1, -0.05) is 6.92 Å². The first kappa shape index (κ1) is 15.8. The third kappa shape index (κ3) is 3.93. The standard InChI is InChI=1S/C14H21N3O3S/c1-3-12-9-11(10-13(16-12)15-4-2)14(18)17-5-7-21(19,20)8-6-17/h9-10H,3-8H2,1-2H3,(H,15,16). The molecule has 116 valence electrons. The van der Waals surface area contributed by atoms with Crippen LogP contribution in [0.4, 0.5) is 5.82 Å². The molecule has 1 aromatic heterocycles. The molecule has 1 aromatic rings. The highest BCUT2D eigenvalue weighted by atomic mass is 32.2. The Kier molecular flexibility index (Phi) is 4.82. The Morgan fingerprint density at radius 2 is 1.95 bits per heavy atom. The van der Waals surface area contributed by atoms with Gasteiger partial charge in [0, 0.05) is 30.9 Å². The Morgan fingerprint density at radius 3 is 2.52 bits per heavy atom. The van der Waals surface area contributed by atoms with Gasteiger partial charge >= 0.3 is 0 Å². The molecule has 0 radical (unpaired) electrons. The van der Waals surface area contributed by atoms with Crippen molar-refractivity contribution in [1.82, 2.24) is 9.88 Å². The number of amides is 1. The zero-order chi connectivity index (χ0) is 15.5. The van der Waals surface area contributed by atoms with Crippen LogP contribution < -0.4 is 5.32 Å². The molecule has 0 spiro atoms. The number of sulfone groups is 1. The highest BCUT2D eigenvalue weighted by Crippen LogP contribution is 2.15. The van der Waals surface area contributed by atoms with Gasteiger partial charge in [-0.15, -0.1) is 0 Å². The van der Waals surface area contributed by atoms with Crippen LogP contribution in [0.25, 0.3) is 0 Å². The van der Waals surface area contributed by atoms with Crippen LogP contribution >= 0.6 is 0 Å². The van der Waals surface area contributed by atoms with E-state index in [-0.39, 0.29) is 30.5 Å². The largest absolute Gasteiger partial charge is 0.370 e. The van der Waals surface area contributed by atoms with E-state index in [9.17, 15) is 13.2 Å². The topological polar surface area (TPSA) is 79.4 Å². The number of nitrogens with one attached hydrogen (secondary N) is 1. The fraction of sp³-hybridized carbons (Fsp3) is 0.571. The lowest BCUT2D eigenvalue weighted by Gasteiger charge is -2.27. The van der Waals surface area contributed by atoms with Crippen molar-refractivity contribution in [2.45, 2.75) is 20.3 Å². The summed E-state index contributed by atoms with van der Waals surface area (Å²) in [7, 11) is -2.98. The molecule has 1 fully saturated rings. The van der Waals surface area contributed by atoms with Crippen LogP contribution in [0.15, 0.2) is 12.1 Å². The second-order valence-electron chi connectivity index (χ2n) is 5.06. The van der Waals surface area contributed by atoms with Gasteiger partial charge in [-0.05, 0) is 25.5 Å². The van der Waals surface area contributed by atoms with Crippen molar-refractivity contribution in [3.05, 3.63) is 23.4 Å². The summed E-state index contributed by atoms with van der Waals surface area (Å²) >= 11 is 0. The number of pyridine rings is 1. The number of nitrogens with zero attached hydrogens (tertiary/aromatic N) is 2. The average Bonchev–Trinajstić information content (AvgIpc) is 2.46. The highest BCUT2D eigenvalue weighted by molar-refractivity contribution is 7.91. The number of carbonyl (C=O) groups is 1. The van der Waals surface area contributed by atoms with Crippen molar-refractivity contribution in [1.29, 1.82) is 0 Å². The molecule has 0 bridgehead atoms. The minimum Gasteiger partial charge on any atom is -0.370 e. The molecule has 0 saturated carbocycles. The normalized spacial score (nSPS) is 17.5. The van der Waals surface area contributed by atoms with Crippen molar-refractivity contribution in [3.8, 4) is 0 Å². The molecular formula is C14H21N3O3S. The third-order valence-electron chi connectivity index (χ3n) is 3.48. The summed E-state index contributed by atoms with van der Waals surface area (Å²) in [5.41, 5.74) is 1.42. The summed E-state index contributed by atoms with van der Waals surface area (Å²) in [5.74, 6) is 0.653. The quantitative estimate of drug-likeness (QED) is 0.895. The van der Waals surface area contributed by atoms with E-state index in [1.165, 1.54) is 0 Å². The van der Waals surface area contributed by atoms with Gasteiger partial charge in [0.15, 0.2) is 9.84 Å². The van der Waals surface area contributed by atoms with Crippen molar-refractivity contribution < 1.29 is 13.2 Å². The molecule has 1 aliphatic rings. The van der Waals surface area contributed by atoms with Gasteiger partial charge in [-0.3, -0.25) is 4.79 Å².